The first-order chi connectivity index (χ1) is 14.6. The first-order valence-corrected chi connectivity index (χ1v) is 8.64. The number of pyridine rings is 1. The van der Waals surface area contributed by atoms with Crippen molar-refractivity contribution >= 4 is 22.6 Å². The predicted molar refractivity (Wildman–Crippen MR) is 106 cm³/mol. The molecular formula is C21H19N5O2. The highest BCUT2D eigenvalue weighted by atomic mass is 16.3. The second kappa shape index (κ2) is 6.59. The minimum Gasteiger partial charge on any atom is -0.382 e. The van der Waals surface area contributed by atoms with Crippen molar-refractivity contribution in [1.82, 2.24) is 19.9 Å². The molecule has 0 spiro atoms. The minimum atomic E-state index is -2.61. The monoisotopic (exact) mass is 376 g/mol. The lowest BCUT2D eigenvalue weighted by Crippen LogP contribution is -2.37. The van der Waals surface area contributed by atoms with Gasteiger partial charge >= 0.3 is 0 Å². The Hall–Kier alpha value is -3.50. The number of carbonyl (C=O) groups is 1. The van der Waals surface area contributed by atoms with Crippen molar-refractivity contribution in [1.29, 1.82) is 0 Å². The van der Waals surface area contributed by atoms with Gasteiger partial charge in [-0.1, -0.05) is 24.0 Å². The van der Waals surface area contributed by atoms with Crippen molar-refractivity contribution in [2.24, 2.45) is 0 Å². The van der Waals surface area contributed by atoms with Gasteiger partial charge in [-0.05, 0) is 24.6 Å². The molecule has 1 aliphatic rings. The van der Waals surface area contributed by atoms with Crippen molar-refractivity contribution in [3.63, 3.8) is 0 Å². The summed E-state index contributed by atoms with van der Waals surface area (Å²) in [7, 11) is 0. The smallest absolute Gasteiger partial charge is 0.267 e. The molecule has 140 valence electrons. The Morgan fingerprint density at radius 2 is 2.21 bits per heavy atom. The van der Waals surface area contributed by atoms with Crippen LogP contribution >= 0.6 is 0 Å². The van der Waals surface area contributed by atoms with Crippen molar-refractivity contribution < 1.29 is 14.0 Å². The number of carbonyl (C=O) groups excluding carboxylic acids is 1. The molecule has 0 bridgehead atoms. The summed E-state index contributed by atoms with van der Waals surface area (Å²) in [6.07, 6.45) is 3.28. The van der Waals surface area contributed by atoms with E-state index in [0.29, 0.717) is 33.2 Å². The number of nitrogens with zero attached hydrogens (tertiary/aromatic N) is 4. The molecule has 1 fully saturated rings. The van der Waals surface area contributed by atoms with Crippen LogP contribution in [0, 0.1) is 18.8 Å². The molecule has 0 aliphatic carbocycles. The topological polar surface area (TPSA) is 105 Å². The quantitative estimate of drug-likeness (QED) is 0.624. The molecule has 1 aliphatic heterocycles. The number of amides is 1. The van der Waals surface area contributed by atoms with Gasteiger partial charge in [-0.2, -0.15) is 0 Å². The molecular weight excluding hydrogens is 354 g/mol. The Kier molecular flexibility index (Phi) is 3.42. The summed E-state index contributed by atoms with van der Waals surface area (Å²) < 4.78 is 22.2. The summed E-state index contributed by atoms with van der Waals surface area (Å²) in [5.74, 6) is 5.14. The maximum Gasteiger partial charge on any atom is 0.267 e. The summed E-state index contributed by atoms with van der Waals surface area (Å²) >= 11 is 0. The highest BCUT2D eigenvalue weighted by molar-refractivity contribution is 5.91. The number of hydrogen-bond donors (Lipinski definition) is 2. The van der Waals surface area contributed by atoms with Gasteiger partial charge in [0.05, 0.1) is 0 Å². The Morgan fingerprint density at radius 3 is 3.00 bits per heavy atom. The van der Waals surface area contributed by atoms with Crippen LogP contribution in [0.3, 0.4) is 0 Å². The zero-order chi connectivity index (χ0) is 22.4. The molecule has 7 nitrogen and oxygen atoms in total. The fourth-order valence-corrected chi connectivity index (χ4v) is 3.03. The van der Waals surface area contributed by atoms with Gasteiger partial charge in [0.2, 0.25) is 5.60 Å². The summed E-state index contributed by atoms with van der Waals surface area (Å²) in [5.41, 5.74) is 6.59. The van der Waals surface area contributed by atoms with E-state index in [1.807, 2.05) is 6.92 Å². The van der Waals surface area contributed by atoms with Crippen LogP contribution in [0.5, 0.6) is 0 Å². The van der Waals surface area contributed by atoms with Crippen LogP contribution in [0.2, 0.25) is 0 Å². The lowest BCUT2D eigenvalue weighted by atomic mass is 10.0. The van der Waals surface area contributed by atoms with Crippen LogP contribution in [0.1, 0.15) is 21.7 Å². The van der Waals surface area contributed by atoms with Crippen LogP contribution in [-0.4, -0.2) is 50.0 Å². The number of rotatable bonds is 1. The second-order valence-corrected chi connectivity index (χ2v) is 6.68. The lowest BCUT2D eigenvalue weighted by molar-refractivity contribution is -0.137. The zero-order valence-corrected chi connectivity index (χ0v) is 15.1. The van der Waals surface area contributed by atoms with E-state index < -0.39 is 18.5 Å². The molecule has 0 unspecified atom stereocenters. The van der Waals surface area contributed by atoms with E-state index in [9.17, 15) is 9.90 Å². The molecule has 3 aromatic rings. The van der Waals surface area contributed by atoms with E-state index in [0.717, 1.165) is 10.9 Å². The number of anilines is 1. The van der Waals surface area contributed by atoms with Crippen LogP contribution in [0.25, 0.3) is 22.3 Å². The van der Waals surface area contributed by atoms with Crippen molar-refractivity contribution in [2.45, 2.75) is 18.9 Å². The summed E-state index contributed by atoms with van der Waals surface area (Å²) in [5, 5.41) is 11.4. The molecule has 1 saturated heterocycles. The third kappa shape index (κ3) is 3.04. The first-order valence-electron chi connectivity index (χ1n) is 10.1. The second-order valence-electron chi connectivity index (χ2n) is 6.68. The summed E-state index contributed by atoms with van der Waals surface area (Å²) in [6.45, 7) is -0.789. The number of aliphatic hydroxyl groups is 1. The molecule has 1 atom stereocenters. The van der Waals surface area contributed by atoms with E-state index in [1.54, 1.807) is 36.7 Å². The van der Waals surface area contributed by atoms with Gasteiger partial charge in [0, 0.05) is 53.0 Å². The van der Waals surface area contributed by atoms with Crippen molar-refractivity contribution in [2.75, 3.05) is 19.3 Å². The SMILES string of the molecule is [2H]C([2H])([2H])N1CC[C@@](O)(C#Cc2cccc(-c3ncc4c(C)cnc(N)c4n3)c2)C1=O. The standard InChI is InChI=1S/C21H19N5O2/c1-13-11-23-18(22)17-16(13)12-24-19(25-17)15-5-3-4-14(10-15)6-7-21(28)8-9-26(2)20(21)27/h3-5,10-12,28H,8-9H2,1-2H3,(H2,22,23)/t21-/m0/s1/i2D3. The molecule has 2 aromatic heterocycles. The van der Waals surface area contributed by atoms with E-state index in [-0.39, 0.29) is 13.0 Å². The number of likely N-dealkylation sites (tertiary alicyclic amines) is 1. The number of hydrogen-bond acceptors (Lipinski definition) is 6. The maximum atomic E-state index is 12.3. The van der Waals surface area contributed by atoms with Gasteiger partial charge in [0.1, 0.15) is 11.3 Å². The number of aryl methyl sites for hydroxylation is 1. The number of aromatic nitrogens is 3. The number of benzene rings is 1. The highest BCUT2D eigenvalue weighted by Crippen LogP contribution is 2.24. The number of likely N-dealkylation sites (N-methyl/N-ethyl adjacent to an activating group) is 1. The van der Waals surface area contributed by atoms with Gasteiger partial charge in [0.15, 0.2) is 5.82 Å². The van der Waals surface area contributed by atoms with Crippen LogP contribution in [-0.2, 0) is 4.79 Å². The van der Waals surface area contributed by atoms with Crippen molar-refractivity contribution in [3.8, 4) is 23.2 Å². The molecule has 28 heavy (non-hydrogen) atoms. The molecule has 3 heterocycles. The maximum absolute atomic E-state index is 12.3. The molecule has 1 aromatic carbocycles. The average molecular weight is 376 g/mol. The van der Waals surface area contributed by atoms with Crippen LogP contribution < -0.4 is 5.73 Å². The minimum absolute atomic E-state index is 0.0731. The Balaban J connectivity index is 1.66. The molecule has 4 rings (SSSR count). The Bertz CT molecular complexity index is 1270. The van der Waals surface area contributed by atoms with E-state index >= 15 is 0 Å². The fourth-order valence-electron chi connectivity index (χ4n) is 3.03. The normalized spacial score (nSPS) is 21.0. The van der Waals surface area contributed by atoms with E-state index in [4.69, 9.17) is 9.85 Å². The molecule has 3 N–H and O–H groups in total. The first kappa shape index (κ1) is 14.5. The Labute approximate surface area is 166 Å². The summed E-state index contributed by atoms with van der Waals surface area (Å²) in [6, 6.07) is 6.98. The number of nitrogens with two attached hydrogens (primary N) is 1. The van der Waals surface area contributed by atoms with E-state index in [1.165, 1.54) is 0 Å². The third-order valence-corrected chi connectivity index (χ3v) is 4.68. The summed E-state index contributed by atoms with van der Waals surface area (Å²) in [4.78, 5) is 26.1. The van der Waals surface area contributed by atoms with E-state index in [2.05, 4.69) is 26.8 Å². The number of fused-ring (bicyclic) bond motifs is 1. The van der Waals surface area contributed by atoms with Gasteiger partial charge < -0.3 is 15.7 Å². The predicted octanol–water partition coefficient (Wildman–Crippen LogP) is 1.53. The molecule has 0 radical (unpaired) electrons. The van der Waals surface area contributed by atoms with Crippen molar-refractivity contribution in [3.05, 3.63) is 47.8 Å². The fraction of sp³-hybridized carbons (Fsp3) is 0.238. The molecule has 7 heteroatoms. The average Bonchev–Trinajstić information content (AvgIpc) is 3.04. The lowest BCUT2D eigenvalue weighted by Gasteiger charge is -2.13. The third-order valence-electron chi connectivity index (χ3n) is 4.68. The van der Waals surface area contributed by atoms with Gasteiger partial charge in [-0.15, -0.1) is 0 Å². The van der Waals surface area contributed by atoms with Gasteiger partial charge in [-0.3, -0.25) is 4.79 Å². The largest absolute Gasteiger partial charge is 0.382 e. The van der Waals surface area contributed by atoms with Gasteiger partial charge in [-0.25, -0.2) is 15.0 Å². The Morgan fingerprint density at radius 1 is 1.36 bits per heavy atom. The zero-order valence-electron chi connectivity index (χ0n) is 18.1. The van der Waals surface area contributed by atoms with Gasteiger partial charge in [0.25, 0.3) is 5.91 Å². The highest BCUT2D eigenvalue weighted by Gasteiger charge is 2.42. The molecule has 0 saturated carbocycles. The van der Waals surface area contributed by atoms with Crippen LogP contribution in [0.4, 0.5) is 5.82 Å². The van der Waals surface area contributed by atoms with Crippen LogP contribution in [0.15, 0.2) is 36.7 Å². The number of nitrogen functional groups attached to an aromatic ring is 1. The molecule has 1 amide bonds.